The van der Waals surface area contributed by atoms with Crippen molar-refractivity contribution in [1.29, 1.82) is 0 Å². The van der Waals surface area contributed by atoms with Crippen LogP contribution in [0, 0.1) is 6.92 Å². The van der Waals surface area contributed by atoms with Gasteiger partial charge in [-0.05, 0) is 43.9 Å². The largest absolute Gasteiger partial charge is 0.396 e. The van der Waals surface area contributed by atoms with Gasteiger partial charge < -0.3 is 5.11 Å². The molecule has 1 aromatic carbocycles. The number of aliphatic hydroxyl groups is 1. The molecule has 0 unspecified atom stereocenters. The minimum Gasteiger partial charge on any atom is -0.396 e. The first kappa shape index (κ1) is 18.7. The summed E-state index contributed by atoms with van der Waals surface area (Å²) < 4.78 is 1.97. The molecule has 0 spiro atoms. The van der Waals surface area contributed by atoms with Crippen LogP contribution in [-0.2, 0) is 6.54 Å². The number of aromatic nitrogens is 2. The molecule has 1 aliphatic carbocycles. The van der Waals surface area contributed by atoms with Gasteiger partial charge in [0.05, 0.1) is 5.69 Å². The van der Waals surface area contributed by atoms with Gasteiger partial charge in [-0.2, -0.15) is 5.10 Å². The molecule has 146 valence electrons. The van der Waals surface area contributed by atoms with Gasteiger partial charge in [-0.15, -0.1) is 0 Å². The smallest absolute Gasteiger partial charge is 0.0690 e. The molecule has 0 amide bonds. The lowest BCUT2D eigenvalue weighted by molar-refractivity contribution is 0.0267. The van der Waals surface area contributed by atoms with Crippen molar-refractivity contribution >= 4 is 0 Å². The van der Waals surface area contributed by atoms with E-state index in [1.165, 1.54) is 42.5 Å². The number of rotatable bonds is 6. The van der Waals surface area contributed by atoms with Gasteiger partial charge in [0.15, 0.2) is 0 Å². The highest BCUT2D eigenvalue weighted by molar-refractivity contribution is 5.42. The average Bonchev–Trinajstić information content (AvgIpc) is 3.37. The minimum atomic E-state index is 0.282. The summed E-state index contributed by atoms with van der Waals surface area (Å²) in [6.07, 6.45) is 10.1. The predicted octanol–water partition coefficient (Wildman–Crippen LogP) is 2.99. The second-order valence-corrected chi connectivity index (χ2v) is 8.16. The number of hydrogen-bond donors (Lipinski definition) is 1. The molecule has 0 bridgehead atoms. The molecule has 1 saturated carbocycles. The van der Waals surface area contributed by atoms with E-state index in [9.17, 15) is 5.11 Å². The van der Waals surface area contributed by atoms with E-state index in [1.807, 2.05) is 23.1 Å². The lowest BCUT2D eigenvalue weighted by atomic mass is 10.0. The summed E-state index contributed by atoms with van der Waals surface area (Å²) in [5, 5.41) is 14.0. The summed E-state index contributed by atoms with van der Waals surface area (Å²) in [4.78, 5) is 5.26. The van der Waals surface area contributed by atoms with Gasteiger partial charge in [0.2, 0.25) is 0 Å². The maximum atomic E-state index is 9.60. The van der Waals surface area contributed by atoms with Gasteiger partial charge in [-0.3, -0.25) is 9.80 Å². The lowest BCUT2D eigenvalue weighted by Gasteiger charge is -2.44. The molecule has 2 fully saturated rings. The van der Waals surface area contributed by atoms with Crippen molar-refractivity contribution in [2.75, 3.05) is 26.2 Å². The zero-order valence-corrected chi connectivity index (χ0v) is 16.4. The predicted molar refractivity (Wildman–Crippen MR) is 108 cm³/mol. The summed E-state index contributed by atoms with van der Waals surface area (Å²) in [6, 6.07) is 9.82. The number of aryl methyl sites for hydroxylation is 1. The van der Waals surface area contributed by atoms with Crippen LogP contribution in [0.3, 0.4) is 0 Å². The first-order chi connectivity index (χ1) is 13.2. The highest BCUT2D eigenvalue weighted by atomic mass is 16.3. The Hall–Kier alpha value is -1.69. The molecule has 2 aliphatic rings. The summed E-state index contributed by atoms with van der Waals surface area (Å²) in [7, 11) is 0. The number of nitrogens with zero attached hydrogens (tertiary/aromatic N) is 4. The van der Waals surface area contributed by atoms with Crippen molar-refractivity contribution in [3.63, 3.8) is 0 Å². The van der Waals surface area contributed by atoms with Gasteiger partial charge in [0.25, 0.3) is 0 Å². The first-order valence-corrected chi connectivity index (χ1v) is 10.4. The van der Waals surface area contributed by atoms with E-state index >= 15 is 0 Å². The van der Waals surface area contributed by atoms with Crippen molar-refractivity contribution in [2.45, 2.75) is 57.7 Å². The molecule has 5 heteroatoms. The third kappa shape index (κ3) is 4.26. The van der Waals surface area contributed by atoms with Crippen LogP contribution in [0.2, 0.25) is 0 Å². The van der Waals surface area contributed by atoms with Crippen LogP contribution in [0.25, 0.3) is 5.69 Å². The molecule has 2 aromatic rings. The maximum Gasteiger partial charge on any atom is 0.0690 e. The Bertz CT molecular complexity index is 724. The van der Waals surface area contributed by atoms with E-state index in [2.05, 4.69) is 40.0 Å². The van der Waals surface area contributed by atoms with Crippen LogP contribution in [0.1, 0.15) is 43.2 Å². The molecular formula is C22H32N4O. The number of aliphatic hydroxyl groups excluding tert-OH is 1. The van der Waals surface area contributed by atoms with E-state index in [-0.39, 0.29) is 6.61 Å². The standard InChI is InChI=1S/C22H32N4O/c1-18-7-8-22(26-11-4-10-23-26)19(15-18)16-24-12-13-25(20-5-2-3-6-20)21(17-24)9-14-27/h4,7-8,10-11,15,20-21,27H,2-3,5-6,9,12-14,16-17H2,1H3/t21-/m0/s1. The van der Waals surface area contributed by atoms with Crippen molar-refractivity contribution in [3.05, 3.63) is 47.8 Å². The van der Waals surface area contributed by atoms with Crippen LogP contribution in [-0.4, -0.2) is 63.0 Å². The Kier molecular flexibility index (Phi) is 5.91. The molecule has 5 nitrogen and oxygen atoms in total. The summed E-state index contributed by atoms with van der Waals surface area (Å²) in [5.41, 5.74) is 3.79. The van der Waals surface area contributed by atoms with Crippen molar-refractivity contribution < 1.29 is 5.11 Å². The SMILES string of the molecule is Cc1ccc(-n2cccn2)c(CN2CCN(C3CCCC3)[C@@H](CCO)C2)c1. The molecular weight excluding hydrogens is 336 g/mol. The number of benzene rings is 1. The fraction of sp³-hybridized carbons (Fsp3) is 0.591. The molecule has 2 heterocycles. The fourth-order valence-electron chi connectivity index (χ4n) is 4.92. The second-order valence-electron chi connectivity index (χ2n) is 8.16. The Morgan fingerprint density at radius 1 is 1.19 bits per heavy atom. The van der Waals surface area contributed by atoms with E-state index in [4.69, 9.17) is 0 Å². The van der Waals surface area contributed by atoms with Gasteiger partial charge in [0, 0.05) is 57.3 Å². The minimum absolute atomic E-state index is 0.282. The number of piperazine rings is 1. The highest BCUT2D eigenvalue weighted by Crippen LogP contribution is 2.29. The van der Waals surface area contributed by atoms with Gasteiger partial charge in [-0.1, -0.05) is 30.5 Å². The van der Waals surface area contributed by atoms with Crippen LogP contribution < -0.4 is 0 Å². The molecule has 1 saturated heterocycles. The molecule has 4 rings (SSSR count). The van der Waals surface area contributed by atoms with Crippen LogP contribution in [0.5, 0.6) is 0 Å². The Balaban J connectivity index is 1.49. The summed E-state index contributed by atoms with van der Waals surface area (Å²) >= 11 is 0. The molecule has 27 heavy (non-hydrogen) atoms. The second kappa shape index (κ2) is 8.55. The van der Waals surface area contributed by atoms with E-state index in [0.717, 1.165) is 38.6 Å². The monoisotopic (exact) mass is 368 g/mol. The van der Waals surface area contributed by atoms with Crippen LogP contribution in [0.4, 0.5) is 0 Å². The summed E-state index contributed by atoms with van der Waals surface area (Å²) in [5.74, 6) is 0. The normalized spacial score (nSPS) is 22.5. The van der Waals surface area contributed by atoms with Crippen molar-refractivity contribution in [2.24, 2.45) is 0 Å². The third-order valence-electron chi connectivity index (χ3n) is 6.25. The van der Waals surface area contributed by atoms with E-state index in [0.29, 0.717) is 6.04 Å². The van der Waals surface area contributed by atoms with Crippen LogP contribution >= 0.6 is 0 Å². The molecule has 1 N–H and O–H groups in total. The molecule has 1 atom stereocenters. The Morgan fingerprint density at radius 2 is 2.04 bits per heavy atom. The maximum absolute atomic E-state index is 9.60. The highest BCUT2D eigenvalue weighted by Gasteiger charge is 2.33. The topological polar surface area (TPSA) is 44.5 Å². The first-order valence-electron chi connectivity index (χ1n) is 10.4. The summed E-state index contributed by atoms with van der Waals surface area (Å²) in [6.45, 7) is 6.65. The van der Waals surface area contributed by atoms with Crippen molar-refractivity contribution in [1.82, 2.24) is 19.6 Å². The molecule has 1 aromatic heterocycles. The zero-order chi connectivity index (χ0) is 18.6. The lowest BCUT2D eigenvalue weighted by Crippen LogP contribution is -2.56. The van der Waals surface area contributed by atoms with Crippen molar-refractivity contribution in [3.8, 4) is 5.69 Å². The zero-order valence-electron chi connectivity index (χ0n) is 16.4. The third-order valence-corrected chi connectivity index (χ3v) is 6.25. The fourth-order valence-corrected chi connectivity index (χ4v) is 4.92. The Morgan fingerprint density at radius 3 is 2.78 bits per heavy atom. The molecule has 0 radical (unpaired) electrons. The number of hydrogen-bond acceptors (Lipinski definition) is 4. The molecule has 1 aliphatic heterocycles. The van der Waals surface area contributed by atoms with E-state index < -0.39 is 0 Å². The van der Waals surface area contributed by atoms with E-state index in [1.54, 1.807) is 0 Å². The van der Waals surface area contributed by atoms with Gasteiger partial charge in [-0.25, -0.2) is 4.68 Å². The quantitative estimate of drug-likeness (QED) is 0.851. The van der Waals surface area contributed by atoms with Gasteiger partial charge >= 0.3 is 0 Å². The average molecular weight is 369 g/mol. The Labute approximate surface area is 162 Å². The van der Waals surface area contributed by atoms with Gasteiger partial charge in [0.1, 0.15) is 0 Å². The van der Waals surface area contributed by atoms with Crippen LogP contribution in [0.15, 0.2) is 36.7 Å².